The van der Waals surface area contributed by atoms with Gasteiger partial charge in [0.05, 0.1) is 6.26 Å². The fraction of sp³-hybridized carbons (Fsp3) is 0.133. The van der Waals surface area contributed by atoms with E-state index in [1.165, 1.54) is 0 Å². The molecule has 3 N–H and O–H groups in total. The normalized spacial score (nSPS) is 11.1. The maximum atomic E-state index is 12.4. The van der Waals surface area contributed by atoms with Crippen LogP contribution in [0.3, 0.4) is 0 Å². The molecule has 21 heavy (non-hydrogen) atoms. The largest absolute Gasteiger partial charge is 0.399 e. The van der Waals surface area contributed by atoms with E-state index in [4.69, 9.17) is 5.73 Å². The third kappa shape index (κ3) is 4.06. The van der Waals surface area contributed by atoms with Crippen molar-refractivity contribution in [3.8, 4) is 0 Å². The maximum Gasteiger partial charge on any atom is 0.229 e. The number of nitrogen functional groups attached to an aromatic ring is 1. The third-order valence-electron chi connectivity index (χ3n) is 2.81. The number of aryl methyl sites for hydroxylation is 1. The highest BCUT2D eigenvalue weighted by Gasteiger charge is 2.10. The van der Waals surface area contributed by atoms with Crippen LogP contribution in [0.5, 0.6) is 0 Å². The van der Waals surface area contributed by atoms with Crippen LogP contribution in [-0.4, -0.2) is 20.5 Å². The number of carbonyl (C=O) groups excluding carboxylic acids is 1. The molecule has 0 bridgehead atoms. The van der Waals surface area contributed by atoms with Crippen LogP contribution in [0.4, 0.5) is 11.4 Å². The minimum absolute atomic E-state index is 0.156. The zero-order valence-electron chi connectivity index (χ0n) is 11.8. The molecule has 0 aliphatic heterocycles. The van der Waals surface area contributed by atoms with Crippen LogP contribution in [0.2, 0.25) is 0 Å². The van der Waals surface area contributed by atoms with E-state index < -0.39 is 10.0 Å². The quantitative estimate of drug-likeness (QED) is 0.669. The van der Waals surface area contributed by atoms with E-state index in [1.807, 2.05) is 6.92 Å². The lowest BCUT2D eigenvalue weighted by molar-refractivity contribution is 0.103. The first-order valence-corrected chi connectivity index (χ1v) is 8.13. The Bertz CT molecular complexity index is 761. The van der Waals surface area contributed by atoms with Gasteiger partial charge < -0.3 is 5.73 Å². The molecule has 110 valence electrons. The summed E-state index contributed by atoms with van der Waals surface area (Å²) in [5.74, 6) is -0.156. The van der Waals surface area contributed by atoms with Crippen molar-refractivity contribution in [2.75, 3.05) is 16.7 Å². The lowest BCUT2D eigenvalue weighted by Gasteiger charge is -2.07. The van der Waals surface area contributed by atoms with Gasteiger partial charge in [-0.2, -0.15) is 0 Å². The van der Waals surface area contributed by atoms with Crippen LogP contribution in [0.25, 0.3) is 0 Å². The highest BCUT2D eigenvalue weighted by Crippen LogP contribution is 2.17. The maximum absolute atomic E-state index is 12.4. The van der Waals surface area contributed by atoms with E-state index in [0.717, 1.165) is 11.8 Å². The van der Waals surface area contributed by atoms with Crippen molar-refractivity contribution in [2.45, 2.75) is 6.92 Å². The number of sulfonamides is 1. The minimum Gasteiger partial charge on any atom is -0.399 e. The van der Waals surface area contributed by atoms with Gasteiger partial charge in [-0.3, -0.25) is 9.52 Å². The molecule has 2 aromatic rings. The molecule has 0 amide bonds. The molecule has 5 nitrogen and oxygen atoms in total. The van der Waals surface area contributed by atoms with Gasteiger partial charge in [-0.1, -0.05) is 0 Å². The molecular weight excluding hydrogens is 288 g/mol. The third-order valence-corrected chi connectivity index (χ3v) is 3.42. The summed E-state index contributed by atoms with van der Waals surface area (Å²) in [6, 6.07) is 11.4. The fourth-order valence-electron chi connectivity index (χ4n) is 2.01. The molecule has 0 aliphatic rings. The summed E-state index contributed by atoms with van der Waals surface area (Å²) in [6.45, 7) is 1.87. The average molecular weight is 304 g/mol. The van der Waals surface area contributed by atoms with Crippen LogP contribution in [0.1, 0.15) is 21.5 Å². The summed E-state index contributed by atoms with van der Waals surface area (Å²) in [5.41, 5.74) is 8.58. The number of carbonyl (C=O) groups is 1. The van der Waals surface area contributed by atoms with Crippen molar-refractivity contribution >= 4 is 27.2 Å². The summed E-state index contributed by atoms with van der Waals surface area (Å²) in [4.78, 5) is 12.4. The zero-order valence-corrected chi connectivity index (χ0v) is 12.6. The average Bonchev–Trinajstić information content (AvgIpc) is 2.35. The molecule has 0 heterocycles. The van der Waals surface area contributed by atoms with E-state index in [9.17, 15) is 13.2 Å². The van der Waals surface area contributed by atoms with Crippen LogP contribution in [0.15, 0.2) is 42.5 Å². The van der Waals surface area contributed by atoms with Gasteiger partial charge in [0.1, 0.15) is 0 Å². The van der Waals surface area contributed by atoms with E-state index in [-0.39, 0.29) is 5.78 Å². The Hall–Kier alpha value is -2.34. The van der Waals surface area contributed by atoms with Crippen molar-refractivity contribution in [3.63, 3.8) is 0 Å². The number of benzene rings is 2. The first-order chi connectivity index (χ1) is 9.74. The summed E-state index contributed by atoms with van der Waals surface area (Å²) in [7, 11) is -3.33. The molecule has 0 atom stereocenters. The van der Waals surface area contributed by atoms with Crippen molar-refractivity contribution in [2.24, 2.45) is 0 Å². The second kappa shape index (κ2) is 5.57. The van der Waals surface area contributed by atoms with E-state index in [0.29, 0.717) is 22.5 Å². The first-order valence-electron chi connectivity index (χ1n) is 6.24. The van der Waals surface area contributed by atoms with Gasteiger partial charge in [0.2, 0.25) is 10.0 Å². The number of anilines is 2. The van der Waals surface area contributed by atoms with Gasteiger partial charge in [0.15, 0.2) is 5.78 Å². The lowest BCUT2D eigenvalue weighted by Crippen LogP contribution is -2.10. The van der Waals surface area contributed by atoms with E-state index >= 15 is 0 Å². The van der Waals surface area contributed by atoms with Crippen molar-refractivity contribution < 1.29 is 13.2 Å². The number of nitrogens with two attached hydrogens (primary N) is 1. The molecule has 0 fully saturated rings. The Labute approximate surface area is 123 Å². The van der Waals surface area contributed by atoms with Crippen LogP contribution < -0.4 is 10.5 Å². The lowest BCUT2D eigenvalue weighted by atomic mass is 10.0. The number of ketones is 1. The standard InChI is InChI=1S/C15H16N2O3S/c1-10-7-12(9-13(16)8-10)15(18)11-3-5-14(6-4-11)17-21(2,19)20/h3-9,17H,16H2,1-2H3. The molecule has 0 aromatic heterocycles. The number of rotatable bonds is 4. The topological polar surface area (TPSA) is 89.3 Å². The molecule has 0 aliphatic carbocycles. The van der Waals surface area contributed by atoms with Crippen LogP contribution in [-0.2, 0) is 10.0 Å². The van der Waals surface area contributed by atoms with Gasteiger partial charge in [-0.15, -0.1) is 0 Å². The molecule has 0 radical (unpaired) electrons. The molecule has 2 rings (SSSR count). The summed E-state index contributed by atoms with van der Waals surface area (Å²) >= 11 is 0. The molecule has 6 heteroatoms. The Balaban J connectivity index is 2.28. The monoisotopic (exact) mass is 304 g/mol. The Morgan fingerprint density at radius 1 is 1.05 bits per heavy atom. The van der Waals surface area contributed by atoms with E-state index in [2.05, 4.69) is 4.72 Å². The Kier molecular flexibility index (Phi) is 3.99. The van der Waals surface area contributed by atoms with Crippen LogP contribution in [0, 0.1) is 6.92 Å². The zero-order chi connectivity index (χ0) is 15.6. The highest BCUT2D eigenvalue weighted by molar-refractivity contribution is 7.92. The predicted molar refractivity (Wildman–Crippen MR) is 83.9 cm³/mol. The first kappa shape index (κ1) is 15.1. The second-order valence-corrected chi connectivity index (χ2v) is 6.66. The molecular formula is C15H16N2O3S. The van der Waals surface area contributed by atoms with Gasteiger partial charge in [-0.25, -0.2) is 8.42 Å². The summed E-state index contributed by atoms with van der Waals surface area (Å²) in [6.07, 6.45) is 1.07. The number of hydrogen-bond donors (Lipinski definition) is 2. The number of hydrogen-bond acceptors (Lipinski definition) is 4. The SMILES string of the molecule is Cc1cc(N)cc(C(=O)c2ccc(NS(C)(=O)=O)cc2)c1. The smallest absolute Gasteiger partial charge is 0.229 e. The van der Waals surface area contributed by atoms with Gasteiger partial charge in [0.25, 0.3) is 0 Å². The second-order valence-electron chi connectivity index (χ2n) is 4.91. The minimum atomic E-state index is -3.33. The molecule has 0 saturated heterocycles. The highest BCUT2D eigenvalue weighted by atomic mass is 32.2. The molecule has 0 unspecified atom stereocenters. The van der Waals surface area contributed by atoms with Crippen molar-refractivity contribution in [3.05, 3.63) is 59.2 Å². The molecule has 2 aromatic carbocycles. The summed E-state index contributed by atoms with van der Waals surface area (Å²) in [5, 5.41) is 0. The summed E-state index contributed by atoms with van der Waals surface area (Å²) < 4.78 is 24.6. The van der Waals surface area contributed by atoms with Gasteiger partial charge >= 0.3 is 0 Å². The molecule has 0 spiro atoms. The van der Waals surface area contributed by atoms with Gasteiger partial charge in [0, 0.05) is 22.5 Å². The van der Waals surface area contributed by atoms with Gasteiger partial charge in [-0.05, 0) is 55.0 Å². The Morgan fingerprint density at radius 3 is 2.19 bits per heavy atom. The molecule has 0 saturated carbocycles. The van der Waals surface area contributed by atoms with Crippen LogP contribution >= 0.6 is 0 Å². The van der Waals surface area contributed by atoms with E-state index in [1.54, 1.807) is 42.5 Å². The van der Waals surface area contributed by atoms with Crippen molar-refractivity contribution in [1.82, 2.24) is 0 Å². The predicted octanol–water partition coefficient (Wildman–Crippen LogP) is 2.18. The number of nitrogens with one attached hydrogen (secondary N) is 1. The Morgan fingerprint density at radius 2 is 1.67 bits per heavy atom. The fourth-order valence-corrected chi connectivity index (χ4v) is 2.58. The van der Waals surface area contributed by atoms with Crippen molar-refractivity contribution in [1.29, 1.82) is 0 Å².